The minimum absolute atomic E-state index is 0.102. The number of nitrogens with one attached hydrogen (secondary N) is 2. The maximum atomic E-state index is 12.8. The van der Waals surface area contributed by atoms with Crippen LogP contribution in [-0.2, 0) is 22.7 Å². The number of hydrogen-bond acceptors (Lipinski definition) is 5. The molecule has 1 aromatic rings. The maximum Gasteiger partial charge on any atom is 0.255 e. The largest absolute Gasteiger partial charge is 0.322 e. The molecule has 0 spiro atoms. The summed E-state index contributed by atoms with van der Waals surface area (Å²) in [5, 5.41) is 5.96. The molecular weight excluding hydrogens is 368 g/mol. The van der Waals surface area contributed by atoms with E-state index in [1.165, 1.54) is 31.2 Å². The number of hydrogen-bond donors (Lipinski definition) is 2. The van der Waals surface area contributed by atoms with Crippen LogP contribution in [-0.4, -0.2) is 58.7 Å². The molecule has 1 saturated carbocycles. The highest BCUT2D eigenvalue weighted by Crippen LogP contribution is 2.31. The molecule has 4 aliphatic rings. The van der Waals surface area contributed by atoms with Crippen LogP contribution in [0.5, 0.6) is 0 Å². The summed E-state index contributed by atoms with van der Waals surface area (Å²) in [6, 6.07) is 6.84. The minimum Gasteiger partial charge on any atom is -0.322 e. The van der Waals surface area contributed by atoms with Gasteiger partial charge in [-0.3, -0.25) is 24.6 Å². The van der Waals surface area contributed by atoms with Crippen LogP contribution in [0.2, 0.25) is 0 Å². The molecule has 7 nitrogen and oxygen atoms in total. The summed E-state index contributed by atoms with van der Waals surface area (Å²) in [5.41, 5.74) is 2.91. The maximum absolute atomic E-state index is 12.8. The van der Waals surface area contributed by atoms with E-state index in [-0.39, 0.29) is 24.1 Å². The fourth-order valence-electron chi connectivity index (χ4n) is 4.94. The van der Waals surface area contributed by atoms with Crippen LogP contribution in [0.15, 0.2) is 18.2 Å². The normalized spacial score (nSPS) is 26.9. The van der Waals surface area contributed by atoms with Gasteiger partial charge in [0.2, 0.25) is 11.8 Å². The Morgan fingerprint density at radius 3 is 2.69 bits per heavy atom. The third-order valence-corrected chi connectivity index (χ3v) is 6.65. The summed E-state index contributed by atoms with van der Waals surface area (Å²) in [5.74, 6) is -0.712. The van der Waals surface area contributed by atoms with Gasteiger partial charge in [0.25, 0.3) is 5.91 Å². The average Bonchev–Trinajstić information content (AvgIpc) is 3.33. The average molecular weight is 396 g/mol. The molecule has 3 fully saturated rings. The Bertz CT molecular complexity index is 844. The fourth-order valence-corrected chi connectivity index (χ4v) is 4.94. The lowest BCUT2D eigenvalue weighted by atomic mass is 10.0. The van der Waals surface area contributed by atoms with Gasteiger partial charge >= 0.3 is 0 Å². The summed E-state index contributed by atoms with van der Waals surface area (Å²) in [6.45, 7) is 3.56. The molecule has 5 rings (SSSR count). The van der Waals surface area contributed by atoms with Crippen LogP contribution in [0.1, 0.15) is 60.0 Å². The summed E-state index contributed by atoms with van der Waals surface area (Å²) in [7, 11) is 0. The zero-order chi connectivity index (χ0) is 20.0. The molecule has 29 heavy (non-hydrogen) atoms. The number of rotatable bonds is 6. The number of carbonyl (C=O) groups is 3. The Kier molecular flexibility index (Phi) is 4.87. The first-order valence-corrected chi connectivity index (χ1v) is 10.8. The number of nitrogens with zero attached hydrogens (tertiary/aromatic N) is 2. The highest BCUT2D eigenvalue weighted by atomic mass is 16.2. The molecule has 0 radical (unpaired) electrons. The van der Waals surface area contributed by atoms with Crippen LogP contribution in [0.4, 0.5) is 0 Å². The predicted molar refractivity (Wildman–Crippen MR) is 107 cm³/mol. The van der Waals surface area contributed by atoms with E-state index in [4.69, 9.17) is 0 Å². The smallest absolute Gasteiger partial charge is 0.255 e. The lowest BCUT2D eigenvalue weighted by Gasteiger charge is -2.29. The van der Waals surface area contributed by atoms with Gasteiger partial charge in [0.05, 0.1) is 0 Å². The molecule has 2 saturated heterocycles. The predicted octanol–water partition coefficient (Wildman–Crippen LogP) is 1.16. The Morgan fingerprint density at radius 2 is 1.97 bits per heavy atom. The van der Waals surface area contributed by atoms with Crippen LogP contribution in [0.25, 0.3) is 0 Å². The number of amides is 3. The molecule has 3 aliphatic heterocycles. The van der Waals surface area contributed by atoms with Crippen molar-refractivity contribution in [1.82, 2.24) is 20.4 Å². The molecule has 154 valence electrons. The SMILES string of the molecule is O=C1CCC(N2Cc3cc(CN(CC4CCCN4)C4CC4)ccc3C2=O)C(=O)N1. The van der Waals surface area contributed by atoms with E-state index < -0.39 is 6.04 Å². The highest BCUT2D eigenvalue weighted by molar-refractivity contribution is 6.05. The lowest BCUT2D eigenvalue weighted by Crippen LogP contribution is -2.52. The number of piperidine rings is 1. The van der Waals surface area contributed by atoms with Crippen molar-refractivity contribution in [1.29, 1.82) is 0 Å². The van der Waals surface area contributed by atoms with Crippen molar-refractivity contribution < 1.29 is 14.4 Å². The molecular formula is C22H28N4O3. The number of imide groups is 1. The van der Waals surface area contributed by atoms with Crippen molar-refractivity contribution in [2.24, 2.45) is 0 Å². The van der Waals surface area contributed by atoms with E-state index in [1.807, 2.05) is 6.07 Å². The Labute approximate surface area is 170 Å². The molecule has 1 aromatic carbocycles. The van der Waals surface area contributed by atoms with Crippen molar-refractivity contribution in [3.63, 3.8) is 0 Å². The van der Waals surface area contributed by atoms with Gasteiger partial charge in [0.15, 0.2) is 0 Å². The second-order valence-electron chi connectivity index (χ2n) is 8.85. The molecule has 2 unspecified atom stereocenters. The van der Waals surface area contributed by atoms with Crippen molar-refractivity contribution >= 4 is 17.7 Å². The van der Waals surface area contributed by atoms with E-state index in [2.05, 4.69) is 27.7 Å². The molecule has 0 aromatic heterocycles. The first kappa shape index (κ1) is 18.8. The van der Waals surface area contributed by atoms with Gasteiger partial charge < -0.3 is 10.2 Å². The molecule has 3 amide bonds. The topological polar surface area (TPSA) is 81.8 Å². The van der Waals surface area contributed by atoms with E-state index in [9.17, 15) is 14.4 Å². The van der Waals surface area contributed by atoms with Crippen LogP contribution >= 0.6 is 0 Å². The highest BCUT2D eigenvalue weighted by Gasteiger charge is 2.39. The van der Waals surface area contributed by atoms with E-state index in [0.29, 0.717) is 30.6 Å². The van der Waals surface area contributed by atoms with Crippen LogP contribution in [0, 0.1) is 0 Å². The second kappa shape index (κ2) is 7.54. The molecule has 1 aliphatic carbocycles. The zero-order valence-electron chi connectivity index (χ0n) is 16.7. The quantitative estimate of drug-likeness (QED) is 0.706. The van der Waals surface area contributed by atoms with Gasteiger partial charge in [-0.25, -0.2) is 0 Å². The van der Waals surface area contributed by atoms with Gasteiger partial charge in [0.1, 0.15) is 6.04 Å². The molecule has 3 heterocycles. The van der Waals surface area contributed by atoms with Gasteiger partial charge in [0, 0.05) is 43.7 Å². The van der Waals surface area contributed by atoms with E-state index in [1.54, 1.807) is 4.90 Å². The molecule has 0 bridgehead atoms. The second-order valence-corrected chi connectivity index (χ2v) is 8.85. The standard InChI is InChI=1S/C22H28N4O3/c27-20-8-7-19(21(28)24-20)26-12-15-10-14(3-6-18(15)22(26)29)11-25(17-4-5-17)13-16-2-1-9-23-16/h3,6,10,16-17,19,23H,1-2,4-5,7-9,11-13H2,(H,24,27,28). The Hall–Kier alpha value is -2.25. The van der Waals surface area contributed by atoms with Crippen molar-refractivity contribution in [3.8, 4) is 0 Å². The summed E-state index contributed by atoms with van der Waals surface area (Å²) < 4.78 is 0. The first-order valence-electron chi connectivity index (χ1n) is 10.8. The monoisotopic (exact) mass is 396 g/mol. The Morgan fingerprint density at radius 1 is 1.10 bits per heavy atom. The lowest BCUT2D eigenvalue weighted by molar-refractivity contribution is -0.136. The van der Waals surface area contributed by atoms with Crippen LogP contribution < -0.4 is 10.6 Å². The summed E-state index contributed by atoms with van der Waals surface area (Å²) in [4.78, 5) is 40.7. The van der Waals surface area contributed by atoms with Gasteiger partial charge in [-0.15, -0.1) is 0 Å². The van der Waals surface area contributed by atoms with E-state index in [0.717, 1.165) is 25.2 Å². The summed E-state index contributed by atoms with van der Waals surface area (Å²) in [6.07, 6.45) is 5.76. The third-order valence-electron chi connectivity index (χ3n) is 6.65. The number of fused-ring (bicyclic) bond motifs is 1. The molecule has 7 heteroatoms. The van der Waals surface area contributed by atoms with E-state index >= 15 is 0 Å². The van der Waals surface area contributed by atoms with Crippen molar-refractivity contribution in [2.45, 2.75) is 69.7 Å². The van der Waals surface area contributed by atoms with Crippen LogP contribution in [0.3, 0.4) is 0 Å². The first-order chi connectivity index (χ1) is 14.1. The minimum atomic E-state index is -0.549. The van der Waals surface area contributed by atoms with Crippen molar-refractivity contribution in [2.75, 3.05) is 13.1 Å². The molecule has 2 N–H and O–H groups in total. The molecule has 2 atom stereocenters. The van der Waals surface area contributed by atoms with Gasteiger partial charge in [-0.2, -0.15) is 0 Å². The summed E-state index contributed by atoms with van der Waals surface area (Å²) >= 11 is 0. The van der Waals surface area contributed by atoms with Crippen molar-refractivity contribution in [3.05, 3.63) is 34.9 Å². The number of benzene rings is 1. The Balaban J connectivity index is 1.29. The van der Waals surface area contributed by atoms with Gasteiger partial charge in [-0.05, 0) is 55.8 Å². The third kappa shape index (κ3) is 3.81. The fraction of sp³-hybridized carbons (Fsp3) is 0.591. The number of carbonyl (C=O) groups excluding carboxylic acids is 3. The van der Waals surface area contributed by atoms with Gasteiger partial charge in [-0.1, -0.05) is 12.1 Å². The zero-order valence-corrected chi connectivity index (χ0v) is 16.7.